The highest BCUT2D eigenvalue weighted by Crippen LogP contribution is 2.31. The Morgan fingerprint density at radius 1 is 0.943 bits per heavy atom. The van der Waals surface area contributed by atoms with Crippen molar-refractivity contribution < 1.29 is 9.59 Å². The van der Waals surface area contributed by atoms with Gasteiger partial charge in [0.15, 0.2) is 0 Å². The lowest BCUT2D eigenvalue weighted by molar-refractivity contribution is -0.113. The molecule has 1 aliphatic rings. The zero-order valence-corrected chi connectivity index (χ0v) is 20.4. The lowest BCUT2D eigenvalue weighted by atomic mass is 9.88. The van der Waals surface area contributed by atoms with Gasteiger partial charge in [0, 0.05) is 41.8 Å². The number of nitrogens with zero attached hydrogens (tertiary/aromatic N) is 2. The fraction of sp³-hybridized carbons (Fsp3) is 0.300. The molecule has 0 radical (unpaired) electrons. The number of allylic oxidation sites excluding steroid dienone is 1. The van der Waals surface area contributed by atoms with Crippen LogP contribution in [0, 0.1) is 6.92 Å². The number of aromatic nitrogens is 1. The molecule has 0 atom stereocenters. The number of nitrogens with one attached hydrogen (secondary N) is 1. The first-order valence-electron chi connectivity index (χ1n) is 12.5. The SMILES string of the molecule is Cc1ccc(/C2=C(\C(=O)Nc3ccc(N(C=O)CCc4ccccn4)cc3)CCCCCC2)cc1. The molecule has 0 bridgehead atoms. The molecule has 2 amide bonds. The Hall–Kier alpha value is -3.73. The van der Waals surface area contributed by atoms with Gasteiger partial charge < -0.3 is 10.2 Å². The molecule has 0 aliphatic heterocycles. The molecule has 2 aromatic carbocycles. The topological polar surface area (TPSA) is 62.3 Å². The molecule has 4 rings (SSSR count). The van der Waals surface area contributed by atoms with Gasteiger partial charge in [-0.2, -0.15) is 0 Å². The van der Waals surface area contributed by atoms with E-state index in [0.29, 0.717) is 13.0 Å². The highest BCUT2D eigenvalue weighted by Gasteiger charge is 2.19. The monoisotopic (exact) mass is 467 g/mol. The average Bonchev–Trinajstić information content (AvgIpc) is 2.87. The maximum Gasteiger partial charge on any atom is 0.251 e. The van der Waals surface area contributed by atoms with E-state index in [0.717, 1.165) is 66.7 Å². The number of anilines is 2. The first kappa shape index (κ1) is 24.4. The summed E-state index contributed by atoms with van der Waals surface area (Å²) < 4.78 is 0. The Balaban J connectivity index is 1.48. The van der Waals surface area contributed by atoms with Gasteiger partial charge in [-0.1, -0.05) is 48.7 Å². The van der Waals surface area contributed by atoms with Gasteiger partial charge in [-0.05, 0) is 80.1 Å². The molecule has 0 spiro atoms. The minimum atomic E-state index is -0.0300. The van der Waals surface area contributed by atoms with E-state index in [-0.39, 0.29) is 5.91 Å². The van der Waals surface area contributed by atoms with Crippen LogP contribution in [0.1, 0.15) is 55.3 Å². The normalized spacial score (nSPS) is 16.1. The zero-order chi connectivity index (χ0) is 24.5. The summed E-state index contributed by atoms with van der Waals surface area (Å²) in [4.78, 5) is 31.0. The minimum absolute atomic E-state index is 0.0300. The Kier molecular flexibility index (Phi) is 8.44. The van der Waals surface area contributed by atoms with E-state index >= 15 is 0 Å². The molecule has 3 aromatic rings. The number of benzene rings is 2. The summed E-state index contributed by atoms with van der Waals surface area (Å²) in [6, 6.07) is 21.7. The molecule has 1 heterocycles. The number of aryl methyl sites for hydroxylation is 1. The van der Waals surface area contributed by atoms with Crippen LogP contribution >= 0.6 is 0 Å². The average molecular weight is 468 g/mol. The molecule has 1 N–H and O–H groups in total. The van der Waals surface area contributed by atoms with Crippen molar-refractivity contribution in [1.29, 1.82) is 0 Å². The first-order chi connectivity index (χ1) is 17.1. The molecule has 0 fully saturated rings. The number of carbonyl (C=O) groups excluding carboxylic acids is 2. The third kappa shape index (κ3) is 6.66. The van der Waals surface area contributed by atoms with Gasteiger partial charge in [-0.15, -0.1) is 0 Å². The minimum Gasteiger partial charge on any atom is -0.322 e. The van der Waals surface area contributed by atoms with E-state index in [1.165, 1.54) is 17.6 Å². The smallest absolute Gasteiger partial charge is 0.251 e. The van der Waals surface area contributed by atoms with E-state index in [4.69, 9.17) is 0 Å². The number of pyridine rings is 1. The second kappa shape index (κ2) is 12.1. The van der Waals surface area contributed by atoms with Crippen molar-refractivity contribution in [3.8, 4) is 0 Å². The van der Waals surface area contributed by atoms with Crippen LogP contribution in [-0.2, 0) is 16.0 Å². The maximum atomic E-state index is 13.4. The van der Waals surface area contributed by atoms with Crippen LogP contribution < -0.4 is 10.2 Å². The fourth-order valence-electron chi connectivity index (χ4n) is 4.55. The molecule has 1 aliphatic carbocycles. The maximum absolute atomic E-state index is 13.4. The van der Waals surface area contributed by atoms with Crippen LogP contribution in [0.15, 0.2) is 78.5 Å². The molecule has 0 saturated heterocycles. The molecule has 35 heavy (non-hydrogen) atoms. The van der Waals surface area contributed by atoms with Crippen molar-refractivity contribution in [2.45, 2.75) is 51.9 Å². The van der Waals surface area contributed by atoms with Crippen LogP contribution in [0.4, 0.5) is 11.4 Å². The zero-order valence-electron chi connectivity index (χ0n) is 20.4. The molecular weight excluding hydrogens is 434 g/mol. The Labute approximate surface area is 207 Å². The standard InChI is InChI=1S/C30H33N3O2/c1-23-11-13-24(14-12-23)28-9-4-2-3-5-10-29(28)30(35)32-26-15-17-27(18-16-26)33(22-34)21-19-25-8-6-7-20-31-25/h6-8,11-18,20,22H,2-5,9-10,19,21H2,1H3,(H,32,35)/b29-28-. The second-order valence-electron chi connectivity index (χ2n) is 9.11. The van der Waals surface area contributed by atoms with Crippen LogP contribution in [0.3, 0.4) is 0 Å². The van der Waals surface area contributed by atoms with Crippen LogP contribution in [0.25, 0.3) is 5.57 Å². The summed E-state index contributed by atoms with van der Waals surface area (Å²) in [5.74, 6) is -0.0300. The summed E-state index contributed by atoms with van der Waals surface area (Å²) in [6.07, 6.45) is 9.49. The number of hydrogen-bond donors (Lipinski definition) is 1. The third-order valence-electron chi connectivity index (χ3n) is 6.56. The van der Waals surface area contributed by atoms with E-state index in [1.54, 1.807) is 11.1 Å². The summed E-state index contributed by atoms with van der Waals surface area (Å²) in [5, 5.41) is 3.10. The number of hydrogen-bond acceptors (Lipinski definition) is 3. The van der Waals surface area contributed by atoms with E-state index < -0.39 is 0 Å². The first-order valence-corrected chi connectivity index (χ1v) is 12.5. The Bertz CT molecular complexity index is 1150. The Morgan fingerprint density at radius 3 is 2.37 bits per heavy atom. The predicted octanol–water partition coefficient (Wildman–Crippen LogP) is 6.34. The van der Waals surface area contributed by atoms with E-state index in [9.17, 15) is 9.59 Å². The summed E-state index contributed by atoms with van der Waals surface area (Å²) in [7, 11) is 0. The lowest BCUT2D eigenvalue weighted by Crippen LogP contribution is -2.24. The van der Waals surface area contributed by atoms with Gasteiger partial charge in [-0.25, -0.2) is 0 Å². The summed E-state index contributed by atoms with van der Waals surface area (Å²) in [5.41, 5.74) is 6.89. The highest BCUT2D eigenvalue weighted by molar-refractivity contribution is 6.09. The van der Waals surface area contributed by atoms with Crippen molar-refractivity contribution in [1.82, 2.24) is 4.98 Å². The van der Waals surface area contributed by atoms with Gasteiger partial charge in [0.05, 0.1) is 0 Å². The van der Waals surface area contributed by atoms with Gasteiger partial charge in [0.1, 0.15) is 0 Å². The largest absolute Gasteiger partial charge is 0.322 e. The molecular formula is C30H33N3O2. The van der Waals surface area contributed by atoms with E-state index in [2.05, 4.69) is 41.5 Å². The van der Waals surface area contributed by atoms with Crippen molar-refractivity contribution in [3.63, 3.8) is 0 Å². The molecule has 0 saturated carbocycles. The number of rotatable bonds is 8. The fourth-order valence-corrected chi connectivity index (χ4v) is 4.55. The van der Waals surface area contributed by atoms with Crippen molar-refractivity contribution >= 4 is 29.3 Å². The number of amides is 2. The predicted molar refractivity (Wildman–Crippen MR) is 142 cm³/mol. The van der Waals surface area contributed by atoms with Gasteiger partial charge >= 0.3 is 0 Å². The lowest BCUT2D eigenvalue weighted by Gasteiger charge is -2.20. The molecule has 180 valence electrons. The highest BCUT2D eigenvalue weighted by atomic mass is 16.1. The quantitative estimate of drug-likeness (QED) is 0.393. The van der Waals surface area contributed by atoms with Gasteiger partial charge in [0.25, 0.3) is 5.91 Å². The second-order valence-corrected chi connectivity index (χ2v) is 9.11. The van der Waals surface area contributed by atoms with Crippen molar-refractivity contribution in [2.24, 2.45) is 0 Å². The van der Waals surface area contributed by atoms with Crippen molar-refractivity contribution in [3.05, 3.63) is 95.3 Å². The van der Waals surface area contributed by atoms with Crippen LogP contribution in [-0.4, -0.2) is 23.8 Å². The molecule has 5 heteroatoms. The van der Waals surface area contributed by atoms with Gasteiger partial charge in [0.2, 0.25) is 6.41 Å². The molecule has 0 unspecified atom stereocenters. The molecule has 1 aromatic heterocycles. The Morgan fingerprint density at radius 2 is 1.69 bits per heavy atom. The van der Waals surface area contributed by atoms with Crippen LogP contribution in [0.5, 0.6) is 0 Å². The van der Waals surface area contributed by atoms with E-state index in [1.807, 2.05) is 42.5 Å². The van der Waals surface area contributed by atoms with Crippen LogP contribution in [0.2, 0.25) is 0 Å². The third-order valence-corrected chi connectivity index (χ3v) is 6.56. The van der Waals surface area contributed by atoms with Crippen molar-refractivity contribution in [2.75, 3.05) is 16.8 Å². The van der Waals surface area contributed by atoms with Gasteiger partial charge in [-0.3, -0.25) is 14.6 Å². The number of carbonyl (C=O) groups is 2. The summed E-state index contributed by atoms with van der Waals surface area (Å²) >= 11 is 0. The summed E-state index contributed by atoms with van der Waals surface area (Å²) in [6.45, 7) is 2.62. The molecule has 5 nitrogen and oxygen atoms in total.